The molecule has 160 valence electrons. The molecule has 2 aliphatic rings. The highest BCUT2D eigenvalue weighted by Crippen LogP contribution is 2.45. The normalized spacial score (nSPS) is 28.4. The number of amides is 1. The van der Waals surface area contributed by atoms with Crippen LogP contribution >= 0.6 is 0 Å². The van der Waals surface area contributed by atoms with Crippen LogP contribution in [0.25, 0.3) is 0 Å². The fraction of sp³-hybridized carbons (Fsp3) is 0.480. The summed E-state index contributed by atoms with van der Waals surface area (Å²) in [6.45, 7) is 1.73. The van der Waals surface area contributed by atoms with E-state index >= 15 is 0 Å². The molecule has 3 N–H and O–H groups in total. The lowest BCUT2D eigenvalue weighted by Gasteiger charge is -2.50. The first-order valence-corrected chi connectivity index (χ1v) is 11.1. The number of benzene rings is 2. The number of hydrogen-bond donors (Lipinski definition) is 3. The van der Waals surface area contributed by atoms with E-state index in [9.17, 15) is 9.90 Å². The SMILES string of the molecule is COc1ccccc1[C@H]1[C@@H]2CCCC[C@]2(O)CC[NH+]1CC(=O)NCc1ccccc1. The van der Waals surface area contributed by atoms with Crippen molar-refractivity contribution in [3.8, 4) is 5.75 Å². The lowest BCUT2D eigenvalue weighted by Crippen LogP contribution is -3.16. The van der Waals surface area contributed by atoms with Crippen molar-refractivity contribution < 1.29 is 19.5 Å². The number of nitrogens with one attached hydrogen (secondary N) is 2. The average molecular weight is 410 g/mol. The number of aliphatic hydroxyl groups is 1. The topological polar surface area (TPSA) is 63.0 Å². The number of methoxy groups -OCH3 is 1. The predicted octanol–water partition coefficient (Wildman–Crippen LogP) is 2.26. The van der Waals surface area contributed by atoms with E-state index in [0.717, 1.165) is 55.5 Å². The van der Waals surface area contributed by atoms with Crippen molar-refractivity contribution in [2.45, 2.75) is 50.3 Å². The first kappa shape index (κ1) is 20.9. The van der Waals surface area contributed by atoms with Gasteiger partial charge in [-0.15, -0.1) is 0 Å². The summed E-state index contributed by atoms with van der Waals surface area (Å²) in [6.07, 6.45) is 4.82. The van der Waals surface area contributed by atoms with Gasteiger partial charge in [0, 0.05) is 18.9 Å². The minimum absolute atomic E-state index is 0.0509. The second-order valence-corrected chi connectivity index (χ2v) is 8.77. The van der Waals surface area contributed by atoms with Gasteiger partial charge in [0.1, 0.15) is 11.8 Å². The van der Waals surface area contributed by atoms with Gasteiger partial charge in [0.2, 0.25) is 0 Å². The number of carbonyl (C=O) groups is 1. The van der Waals surface area contributed by atoms with Gasteiger partial charge in [0.25, 0.3) is 5.91 Å². The number of quaternary nitrogens is 1. The Morgan fingerprint density at radius 1 is 1.13 bits per heavy atom. The molecule has 1 heterocycles. The Hall–Kier alpha value is -2.37. The summed E-state index contributed by atoms with van der Waals surface area (Å²) in [4.78, 5) is 14.1. The molecular formula is C25H33N2O3+. The molecule has 5 nitrogen and oxygen atoms in total. The van der Waals surface area contributed by atoms with Crippen molar-refractivity contribution in [3.05, 3.63) is 65.7 Å². The van der Waals surface area contributed by atoms with Gasteiger partial charge in [-0.25, -0.2) is 0 Å². The molecule has 4 rings (SSSR count). The lowest BCUT2D eigenvalue weighted by atomic mass is 9.66. The Balaban J connectivity index is 1.55. The molecule has 2 fully saturated rings. The van der Waals surface area contributed by atoms with Crippen LogP contribution in [0, 0.1) is 5.92 Å². The lowest BCUT2D eigenvalue weighted by molar-refractivity contribution is -0.937. The van der Waals surface area contributed by atoms with Gasteiger partial charge in [-0.1, -0.05) is 55.3 Å². The summed E-state index contributed by atoms with van der Waals surface area (Å²) in [6, 6.07) is 18.1. The van der Waals surface area contributed by atoms with E-state index in [-0.39, 0.29) is 17.9 Å². The van der Waals surface area contributed by atoms with E-state index in [2.05, 4.69) is 11.4 Å². The van der Waals surface area contributed by atoms with Crippen LogP contribution in [0.2, 0.25) is 0 Å². The van der Waals surface area contributed by atoms with Crippen LogP contribution in [0.15, 0.2) is 54.6 Å². The van der Waals surface area contributed by atoms with Crippen LogP contribution in [0.3, 0.4) is 0 Å². The molecule has 5 heteroatoms. The third-order valence-electron chi connectivity index (χ3n) is 6.98. The molecule has 0 aromatic heterocycles. The van der Waals surface area contributed by atoms with Crippen LogP contribution in [0.1, 0.15) is 49.3 Å². The zero-order valence-electron chi connectivity index (χ0n) is 17.8. The van der Waals surface area contributed by atoms with Gasteiger partial charge in [0.05, 0.1) is 24.8 Å². The first-order chi connectivity index (χ1) is 14.6. The third-order valence-corrected chi connectivity index (χ3v) is 6.98. The van der Waals surface area contributed by atoms with E-state index < -0.39 is 5.60 Å². The summed E-state index contributed by atoms with van der Waals surface area (Å²) in [7, 11) is 1.70. The van der Waals surface area contributed by atoms with Crippen LogP contribution in [-0.2, 0) is 11.3 Å². The van der Waals surface area contributed by atoms with Crippen LogP contribution in [-0.4, -0.2) is 36.8 Å². The van der Waals surface area contributed by atoms with E-state index in [1.165, 1.54) is 4.90 Å². The fourth-order valence-corrected chi connectivity index (χ4v) is 5.48. The minimum Gasteiger partial charge on any atom is -0.496 e. The number of para-hydroxylation sites is 1. The second-order valence-electron chi connectivity index (χ2n) is 8.77. The molecule has 1 amide bonds. The van der Waals surface area contributed by atoms with Gasteiger partial charge in [0.15, 0.2) is 6.54 Å². The standard InChI is InChI=1S/C25H32N2O3/c1-30-22-13-6-5-11-20(22)24-21-12-7-8-14-25(21,29)15-16-27(24)18-23(28)26-17-19-9-3-2-4-10-19/h2-6,9-11,13,21,24,29H,7-8,12,14-18H2,1H3,(H,26,28)/p+1/t21-,24-,25-/m0/s1. The number of carbonyl (C=O) groups excluding carboxylic acids is 1. The van der Waals surface area contributed by atoms with Crippen molar-refractivity contribution in [2.24, 2.45) is 5.92 Å². The van der Waals surface area contributed by atoms with E-state index in [1.807, 2.05) is 48.5 Å². The highest BCUT2D eigenvalue weighted by atomic mass is 16.5. The number of ether oxygens (including phenoxy) is 1. The van der Waals surface area contributed by atoms with Gasteiger partial charge in [-0.2, -0.15) is 0 Å². The molecule has 1 saturated heterocycles. The average Bonchev–Trinajstić information content (AvgIpc) is 2.78. The van der Waals surface area contributed by atoms with Crippen molar-refractivity contribution >= 4 is 5.91 Å². The number of rotatable bonds is 6. The number of fused-ring (bicyclic) bond motifs is 1. The summed E-state index contributed by atoms with van der Waals surface area (Å²) in [5.74, 6) is 1.04. The molecule has 1 aliphatic heterocycles. The molecule has 1 saturated carbocycles. The molecule has 2 aromatic carbocycles. The molecule has 1 aliphatic carbocycles. The predicted molar refractivity (Wildman–Crippen MR) is 116 cm³/mol. The van der Waals surface area contributed by atoms with Gasteiger partial charge < -0.3 is 20.1 Å². The van der Waals surface area contributed by atoms with E-state index in [1.54, 1.807) is 7.11 Å². The fourth-order valence-electron chi connectivity index (χ4n) is 5.48. The maximum atomic E-state index is 12.8. The Morgan fingerprint density at radius 2 is 1.90 bits per heavy atom. The largest absolute Gasteiger partial charge is 0.496 e. The Labute approximate surface area is 179 Å². The van der Waals surface area contributed by atoms with Gasteiger partial charge in [-0.3, -0.25) is 4.79 Å². The number of piperidine rings is 1. The summed E-state index contributed by atoms with van der Waals surface area (Å²) >= 11 is 0. The zero-order chi connectivity index (χ0) is 21.0. The number of hydrogen-bond acceptors (Lipinski definition) is 3. The van der Waals surface area contributed by atoms with E-state index in [4.69, 9.17) is 4.74 Å². The Kier molecular flexibility index (Phi) is 6.40. The highest BCUT2D eigenvalue weighted by Gasteiger charge is 2.52. The van der Waals surface area contributed by atoms with Gasteiger partial charge >= 0.3 is 0 Å². The quantitative estimate of drug-likeness (QED) is 0.686. The van der Waals surface area contributed by atoms with Crippen molar-refractivity contribution in [2.75, 3.05) is 20.2 Å². The molecule has 0 bridgehead atoms. The maximum absolute atomic E-state index is 12.8. The second kappa shape index (κ2) is 9.19. The molecule has 30 heavy (non-hydrogen) atoms. The zero-order valence-corrected chi connectivity index (χ0v) is 17.8. The Bertz CT molecular complexity index is 856. The van der Waals surface area contributed by atoms with Crippen LogP contribution in [0.4, 0.5) is 0 Å². The summed E-state index contributed by atoms with van der Waals surface area (Å²) in [5, 5.41) is 14.5. The molecule has 1 unspecified atom stereocenters. The molecule has 0 spiro atoms. The first-order valence-electron chi connectivity index (χ1n) is 11.1. The van der Waals surface area contributed by atoms with Crippen molar-refractivity contribution in [3.63, 3.8) is 0 Å². The Morgan fingerprint density at radius 3 is 2.70 bits per heavy atom. The van der Waals surface area contributed by atoms with Gasteiger partial charge in [-0.05, 0) is 30.5 Å². The number of likely N-dealkylation sites (tertiary alicyclic amines) is 1. The maximum Gasteiger partial charge on any atom is 0.275 e. The molecule has 0 radical (unpaired) electrons. The van der Waals surface area contributed by atoms with E-state index in [0.29, 0.717) is 13.1 Å². The van der Waals surface area contributed by atoms with Crippen LogP contribution < -0.4 is 15.0 Å². The third kappa shape index (κ3) is 4.37. The van der Waals surface area contributed by atoms with Crippen molar-refractivity contribution in [1.29, 1.82) is 0 Å². The smallest absolute Gasteiger partial charge is 0.275 e. The van der Waals surface area contributed by atoms with Crippen molar-refractivity contribution in [1.82, 2.24) is 5.32 Å². The minimum atomic E-state index is -0.631. The molecular weight excluding hydrogens is 376 g/mol. The summed E-state index contributed by atoms with van der Waals surface area (Å²) in [5.41, 5.74) is 1.58. The molecule has 4 atom stereocenters. The highest BCUT2D eigenvalue weighted by molar-refractivity contribution is 5.76. The monoisotopic (exact) mass is 409 g/mol. The molecule has 2 aromatic rings. The summed E-state index contributed by atoms with van der Waals surface area (Å²) < 4.78 is 5.67. The van der Waals surface area contributed by atoms with Crippen LogP contribution in [0.5, 0.6) is 5.75 Å².